The summed E-state index contributed by atoms with van der Waals surface area (Å²) < 4.78 is 1.10. The number of amides is 1. The van der Waals surface area contributed by atoms with Crippen molar-refractivity contribution < 1.29 is 15.0 Å². The molecule has 0 aliphatic carbocycles. The van der Waals surface area contributed by atoms with E-state index in [1.54, 1.807) is 22.4 Å². The predicted octanol–water partition coefficient (Wildman–Crippen LogP) is 3.23. The van der Waals surface area contributed by atoms with Crippen molar-refractivity contribution in [2.75, 3.05) is 23.7 Å². The maximum Gasteiger partial charge on any atom is 0.228 e. The first kappa shape index (κ1) is 25.2. The summed E-state index contributed by atoms with van der Waals surface area (Å²) in [6.07, 6.45) is 0.318. The second-order valence-corrected chi connectivity index (χ2v) is 10.6. The van der Waals surface area contributed by atoms with E-state index in [4.69, 9.17) is 0 Å². The summed E-state index contributed by atoms with van der Waals surface area (Å²) >= 11 is 1.63. The molecule has 9 nitrogen and oxygen atoms in total. The minimum atomic E-state index is -0.911. The normalized spacial score (nSPS) is 19.2. The standard InChI is InChI=1S/C27H30N6O3S/c1-27(2)24(35)32-26(36)33(27)13-12-29-25-28-11-10-20(31-25)22-16-18-15-19(8-9-21(18)37-22)30-23(34)14-17-6-4-3-5-7-17/h3-11,15-16,24,26,32,35-36H,12-14H2,1-2H3,(H,30,34)(H,28,29,31). The monoisotopic (exact) mass is 518 g/mol. The first-order valence-electron chi connectivity index (χ1n) is 12.1. The van der Waals surface area contributed by atoms with E-state index in [9.17, 15) is 15.0 Å². The van der Waals surface area contributed by atoms with E-state index in [2.05, 4.69) is 32.0 Å². The van der Waals surface area contributed by atoms with Gasteiger partial charge < -0.3 is 20.8 Å². The van der Waals surface area contributed by atoms with Crippen LogP contribution in [0.2, 0.25) is 0 Å². The van der Waals surface area contributed by atoms with Crippen LogP contribution in [0.4, 0.5) is 11.6 Å². The fraction of sp³-hybridized carbons (Fsp3) is 0.296. The van der Waals surface area contributed by atoms with Crippen molar-refractivity contribution in [2.45, 2.75) is 38.4 Å². The lowest BCUT2D eigenvalue weighted by Crippen LogP contribution is -2.49. The highest BCUT2D eigenvalue weighted by molar-refractivity contribution is 7.22. The Morgan fingerprint density at radius 1 is 1.14 bits per heavy atom. The number of anilines is 2. The van der Waals surface area contributed by atoms with Gasteiger partial charge in [0.05, 0.1) is 22.5 Å². The van der Waals surface area contributed by atoms with Gasteiger partial charge in [-0.3, -0.25) is 15.0 Å². The van der Waals surface area contributed by atoms with Crippen molar-refractivity contribution in [1.29, 1.82) is 0 Å². The molecule has 5 rings (SSSR count). The molecule has 1 amide bonds. The summed E-state index contributed by atoms with van der Waals surface area (Å²) in [7, 11) is 0. The SMILES string of the molecule is CC1(C)C(O)NC(O)N1CCNc1nccc(-c2cc3cc(NC(=O)Cc4ccccc4)ccc3s2)n1. The van der Waals surface area contributed by atoms with E-state index < -0.39 is 18.1 Å². The second-order valence-electron chi connectivity index (χ2n) is 9.56. The molecule has 1 saturated heterocycles. The van der Waals surface area contributed by atoms with Crippen molar-refractivity contribution >= 4 is 39.0 Å². The van der Waals surface area contributed by atoms with Gasteiger partial charge in [0.25, 0.3) is 0 Å². The average molecular weight is 519 g/mol. The van der Waals surface area contributed by atoms with Crippen LogP contribution in [0, 0.1) is 0 Å². The first-order valence-corrected chi connectivity index (χ1v) is 12.9. The molecule has 2 atom stereocenters. The van der Waals surface area contributed by atoms with Crippen molar-refractivity contribution in [2.24, 2.45) is 0 Å². The molecule has 192 valence electrons. The Balaban J connectivity index is 1.23. The van der Waals surface area contributed by atoms with Gasteiger partial charge in [-0.15, -0.1) is 11.3 Å². The average Bonchev–Trinajstić information content (AvgIpc) is 3.38. The van der Waals surface area contributed by atoms with E-state index in [0.29, 0.717) is 25.5 Å². The molecule has 1 aliphatic heterocycles. The van der Waals surface area contributed by atoms with Gasteiger partial charge in [-0.05, 0) is 55.1 Å². The van der Waals surface area contributed by atoms with Crippen LogP contribution in [-0.2, 0) is 11.2 Å². The molecule has 0 spiro atoms. The zero-order chi connectivity index (χ0) is 26.0. The largest absolute Gasteiger partial charge is 0.377 e. The molecular weight excluding hydrogens is 488 g/mol. The lowest BCUT2D eigenvalue weighted by Gasteiger charge is -2.33. The number of nitrogens with zero attached hydrogens (tertiary/aromatic N) is 3. The maximum absolute atomic E-state index is 12.5. The van der Waals surface area contributed by atoms with Gasteiger partial charge in [-0.25, -0.2) is 9.97 Å². The highest BCUT2D eigenvalue weighted by atomic mass is 32.1. The van der Waals surface area contributed by atoms with Crippen molar-refractivity contribution in [3.8, 4) is 10.6 Å². The number of aliphatic hydroxyl groups excluding tert-OH is 2. The minimum Gasteiger partial charge on any atom is -0.377 e. The highest BCUT2D eigenvalue weighted by Crippen LogP contribution is 2.34. The number of benzene rings is 2. The number of hydrogen-bond donors (Lipinski definition) is 5. The number of rotatable bonds is 8. The Bertz CT molecular complexity index is 1390. The van der Waals surface area contributed by atoms with Crippen LogP contribution in [0.5, 0.6) is 0 Å². The van der Waals surface area contributed by atoms with Crippen LogP contribution in [0.1, 0.15) is 19.4 Å². The Hall–Kier alpha value is -3.41. The number of carbonyl (C=O) groups is 1. The number of hydrogen-bond acceptors (Lipinski definition) is 9. The summed E-state index contributed by atoms with van der Waals surface area (Å²) in [4.78, 5) is 24.2. The third-order valence-corrected chi connectivity index (χ3v) is 7.70. The van der Waals surface area contributed by atoms with Crippen molar-refractivity contribution in [3.63, 3.8) is 0 Å². The molecule has 2 aromatic heterocycles. The van der Waals surface area contributed by atoms with Gasteiger partial charge in [0.2, 0.25) is 11.9 Å². The summed E-state index contributed by atoms with van der Waals surface area (Å²) in [5.74, 6) is 0.437. The number of aromatic nitrogens is 2. The molecule has 2 aromatic carbocycles. The van der Waals surface area contributed by atoms with Gasteiger partial charge in [-0.2, -0.15) is 0 Å². The quantitative estimate of drug-likeness (QED) is 0.241. The predicted molar refractivity (Wildman–Crippen MR) is 146 cm³/mol. The summed E-state index contributed by atoms with van der Waals surface area (Å²) in [6.45, 7) is 4.74. The molecule has 3 heterocycles. The van der Waals surface area contributed by atoms with Crippen LogP contribution in [0.25, 0.3) is 20.7 Å². The molecule has 37 heavy (non-hydrogen) atoms. The molecule has 5 N–H and O–H groups in total. The van der Waals surface area contributed by atoms with E-state index in [1.807, 2.05) is 68.4 Å². The van der Waals surface area contributed by atoms with Crippen molar-refractivity contribution in [1.82, 2.24) is 20.2 Å². The van der Waals surface area contributed by atoms with Crippen LogP contribution >= 0.6 is 11.3 Å². The molecule has 2 unspecified atom stereocenters. The van der Waals surface area contributed by atoms with E-state index >= 15 is 0 Å². The number of aliphatic hydroxyl groups is 2. The van der Waals surface area contributed by atoms with Gasteiger partial charge in [-0.1, -0.05) is 30.3 Å². The number of thiophene rings is 1. The molecule has 0 bridgehead atoms. The Morgan fingerprint density at radius 2 is 1.95 bits per heavy atom. The molecule has 0 radical (unpaired) electrons. The Labute approximate surface area is 219 Å². The van der Waals surface area contributed by atoms with E-state index in [-0.39, 0.29) is 5.91 Å². The fourth-order valence-electron chi connectivity index (χ4n) is 4.42. The lowest BCUT2D eigenvalue weighted by atomic mass is 10.0. The summed E-state index contributed by atoms with van der Waals surface area (Å²) in [5, 5.41) is 30.2. The number of carbonyl (C=O) groups excluding carboxylic acids is 1. The smallest absolute Gasteiger partial charge is 0.228 e. The third kappa shape index (κ3) is 5.63. The highest BCUT2D eigenvalue weighted by Gasteiger charge is 2.45. The molecule has 1 fully saturated rings. The van der Waals surface area contributed by atoms with Gasteiger partial charge in [0, 0.05) is 29.7 Å². The van der Waals surface area contributed by atoms with Gasteiger partial charge >= 0.3 is 0 Å². The summed E-state index contributed by atoms with van der Waals surface area (Å²) in [5.41, 5.74) is 1.93. The molecule has 1 aliphatic rings. The minimum absolute atomic E-state index is 0.0531. The Kier molecular flexibility index (Phi) is 7.18. The molecule has 4 aromatic rings. The lowest BCUT2D eigenvalue weighted by molar-refractivity contribution is -0.115. The van der Waals surface area contributed by atoms with Crippen LogP contribution in [0.15, 0.2) is 66.9 Å². The van der Waals surface area contributed by atoms with E-state index in [0.717, 1.165) is 31.9 Å². The van der Waals surface area contributed by atoms with Crippen LogP contribution in [0.3, 0.4) is 0 Å². The molecule has 0 saturated carbocycles. The topological polar surface area (TPSA) is 123 Å². The zero-order valence-corrected chi connectivity index (χ0v) is 21.5. The Morgan fingerprint density at radius 3 is 2.70 bits per heavy atom. The van der Waals surface area contributed by atoms with Crippen molar-refractivity contribution in [3.05, 3.63) is 72.4 Å². The third-order valence-electron chi connectivity index (χ3n) is 6.56. The zero-order valence-electron chi connectivity index (χ0n) is 20.7. The first-order chi connectivity index (χ1) is 17.8. The van der Waals surface area contributed by atoms with E-state index in [1.165, 1.54) is 0 Å². The molecular formula is C27H30N6O3S. The molecule has 10 heteroatoms. The second kappa shape index (κ2) is 10.5. The summed E-state index contributed by atoms with van der Waals surface area (Å²) in [6, 6.07) is 19.5. The number of fused-ring (bicyclic) bond motifs is 1. The van der Waals surface area contributed by atoms with Crippen LogP contribution < -0.4 is 16.0 Å². The van der Waals surface area contributed by atoms with Gasteiger partial charge in [0.1, 0.15) is 6.23 Å². The van der Waals surface area contributed by atoms with Crippen LogP contribution in [-0.4, -0.2) is 62.2 Å². The fourth-order valence-corrected chi connectivity index (χ4v) is 5.43. The van der Waals surface area contributed by atoms with Gasteiger partial charge in [0.15, 0.2) is 6.35 Å². The maximum atomic E-state index is 12.5. The number of nitrogens with one attached hydrogen (secondary N) is 3.